The van der Waals surface area contributed by atoms with Crippen LogP contribution in [0.2, 0.25) is 0 Å². The first-order valence-electron chi connectivity index (χ1n) is 13.2. The minimum Gasteiger partial charge on any atom is -0.481 e. The van der Waals surface area contributed by atoms with Gasteiger partial charge in [0.25, 0.3) is 0 Å². The van der Waals surface area contributed by atoms with Gasteiger partial charge in [0.15, 0.2) is 11.5 Å². The number of hydrogen-bond donors (Lipinski definition) is 2. The van der Waals surface area contributed by atoms with Crippen molar-refractivity contribution in [2.75, 3.05) is 13.1 Å². The van der Waals surface area contributed by atoms with Gasteiger partial charge in [-0.1, -0.05) is 84.9 Å². The minimum atomic E-state index is -1.16. The smallest absolute Gasteiger partial charge is 0.313 e. The number of carbonyl (C=O) groups excluding carboxylic acids is 1. The second-order valence-corrected chi connectivity index (χ2v) is 10.7. The third-order valence-electron chi connectivity index (χ3n) is 7.90. The Labute approximate surface area is 219 Å². The summed E-state index contributed by atoms with van der Waals surface area (Å²) in [6, 6.07) is 26.7. The molecule has 0 bridgehead atoms. The van der Waals surface area contributed by atoms with Crippen LogP contribution in [-0.2, 0) is 15.9 Å². The molecular formula is C32H37NO4. The van der Waals surface area contributed by atoms with Gasteiger partial charge in [0.1, 0.15) is 0 Å². The van der Waals surface area contributed by atoms with Gasteiger partial charge < -0.3 is 10.2 Å². The first-order valence-corrected chi connectivity index (χ1v) is 13.2. The molecule has 0 spiro atoms. The van der Waals surface area contributed by atoms with E-state index >= 15 is 0 Å². The number of Topliss-reactive ketones (excluding diaryl/α,β-unsaturated/α-hetero) is 1. The summed E-state index contributed by atoms with van der Waals surface area (Å²) >= 11 is 0. The van der Waals surface area contributed by atoms with E-state index in [-0.39, 0.29) is 5.78 Å². The van der Waals surface area contributed by atoms with Gasteiger partial charge >= 0.3 is 5.97 Å². The Morgan fingerprint density at radius 3 is 1.81 bits per heavy atom. The highest BCUT2D eigenvalue weighted by atomic mass is 16.4. The molecule has 2 N–H and O–H groups in total. The molecule has 0 radical (unpaired) electrons. The van der Waals surface area contributed by atoms with Crippen molar-refractivity contribution >= 4 is 11.8 Å². The average Bonchev–Trinajstić information content (AvgIpc) is 2.94. The standard InChI is InChI=1S/C32H37NO4/c1-31(2,30(35)36)26-18-16-25(17-19-26)29(34)15-9-10-24-20-22-33(23-21-24)32(37,27-11-5-3-6-12-27)28-13-7-4-8-14-28/h3-8,11-14,16-19,24,37H,9-10,15,20-23H2,1-2H3,(H,35,36). The number of nitrogens with zero attached hydrogens (tertiary/aromatic N) is 1. The number of aliphatic carboxylic acids is 1. The van der Waals surface area contributed by atoms with Crippen molar-refractivity contribution in [1.29, 1.82) is 0 Å². The Hall–Kier alpha value is -3.28. The molecule has 0 aliphatic carbocycles. The Bertz CT molecular complexity index is 1140. The third kappa shape index (κ3) is 5.84. The zero-order valence-corrected chi connectivity index (χ0v) is 21.8. The molecule has 0 atom stereocenters. The molecule has 37 heavy (non-hydrogen) atoms. The molecule has 1 heterocycles. The predicted octanol–water partition coefficient (Wildman–Crippen LogP) is 6.01. The van der Waals surface area contributed by atoms with Crippen LogP contribution in [0.3, 0.4) is 0 Å². The first-order chi connectivity index (χ1) is 17.7. The lowest BCUT2D eigenvalue weighted by molar-refractivity contribution is -0.142. The largest absolute Gasteiger partial charge is 0.481 e. The Kier molecular flexibility index (Phi) is 8.25. The van der Waals surface area contributed by atoms with Gasteiger partial charge in [-0.15, -0.1) is 0 Å². The summed E-state index contributed by atoms with van der Waals surface area (Å²) < 4.78 is 0. The SMILES string of the molecule is CC(C)(C(=O)O)c1ccc(C(=O)CCCC2CCN(C(O)(c3ccccc3)c3ccccc3)CC2)cc1. The Morgan fingerprint density at radius 2 is 1.32 bits per heavy atom. The maximum atomic E-state index is 12.7. The number of benzene rings is 3. The van der Waals surface area contributed by atoms with E-state index in [1.54, 1.807) is 38.1 Å². The summed E-state index contributed by atoms with van der Waals surface area (Å²) in [5, 5.41) is 21.4. The van der Waals surface area contributed by atoms with Crippen molar-refractivity contribution in [3.05, 3.63) is 107 Å². The molecule has 3 aromatic rings. The average molecular weight is 500 g/mol. The van der Waals surface area contributed by atoms with Crippen LogP contribution in [0.15, 0.2) is 84.9 Å². The van der Waals surface area contributed by atoms with Crippen molar-refractivity contribution in [2.45, 2.75) is 57.1 Å². The Morgan fingerprint density at radius 1 is 0.811 bits per heavy atom. The number of carboxylic acid groups (broad SMARTS) is 1. The van der Waals surface area contributed by atoms with Crippen LogP contribution < -0.4 is 0 Å². The molecule has 1 fully saturated rings. The Balaban J connectivity index is 1.32. The normalized spacial score (nSPS) is 15.4. The van der Waals surface area contributed by atoms with Gasteiger partial charge in [-0.25, -0.2) is 0 Å². The van der Waals surface area contributed by atoms with Gasteiger partial charge in [0, 0.05) is 36.2 Å². The maximum absolute atomic E-state index is 12.7. The summed E-state index contributed by atoms with van der Waals surface area (Å²) in [4.78, 5) is 26.4. The summed E-state index contributed by atoms with van der Waals surface area (Å²) in [6.07, 6.45) is 4.26. The number of hydrogen-bond acceptors (Lipinski definition) is 4. The molecule has 4 rings (SSSR count). The van der Waals surface area contributed by atoms with Crippen LogP contribution in [-0.4, -0.2) is 40.0 Å². The number of ketones is 1. The molecule has 1 aliphatic rings. The van der Waals surface area contributed by atoms with Crippen LogP contribution in [0, 0.1) is 5.92 Å². The maximum Gasteiger partial charge on any atom is 0.313 e. The van der Waals surface area contributed by atoms with Gasteiger partial charge in [-0.2, -0.15) is 0 Å². The number of rotatable bonds is 10. The van der Waals surface area contributed by atoms with Crippen LogP contribution in [0.25, 0.3) is 0 Å². The highest BCUT2D eigenvalue weighted by Gasteiger charge is 2.39. The number of aliphatic hydroxyl groups is 1. The van der Waals surface area contributed by atoms with Crippen molar-refractivity contribution < 1.29 is 19.8 Å². The molecule has 0 saturated carbocycles. The second-order valence-electron chi connectivity index (χ2n) is 10.7. The topological polar surface area (TPSA) is 77.8 Å². The van der Waals surface area contributed by atoms with E-state index in [9.17, 15) is 19.8 Å². The molecule has 1 aliphatic heterocycles. The summed E-state index contributed by atoms with van der Waals surface area (Å²) in [5.74, 6) is -0.262. The zero-order valence-electron chi connectivity index (χ0n) is 21.8. The molecule has 0 unspecified atom stereocenters. The highest BCUT2D eigenvalue weighted by molar-refractivity contribution is 5.96. The van der Waals surface area contributed by atoms with E-state index in [0.717, 1.165) is 49.9 Å². The number of carbonyl (C=O) groups is 2. The summed E-state index contributed by atoms with van der Waals surface area (Å²) in [5.41, 5.74) is 0.935. The molecule has 0 amide bonds. The van der Waals surface area contributed by atoms with E-state index in [0.29, 0.717) is 23.5 Å². The summed E-state index contributed by atoms with van der Waals surface area (Å²) in [7, 11) is 0. The van der Waals surface area contributed by atoms with Gasteiger partial charge in [0.05, 0.1) is 5.41 Å². The number of carboxylic acids is 1. The fourth-order valence-electron chi connectivity index (χ4n) is 5.31. The molecule has 5 heteroatoms. The lowest BCUT2D eigenvalue weighted by Crippen LogP contribution is -2.50. The fourth-order valence-corrected chi connectivity index (χ4v) is 5.31. The van der Waals surface area contributed by atoms with Crippen molar-refractivity contribution in [3.63, 3.8) is 0 Å². The van der Waals surface area contributed by atoms with Crippen molar-refractivity contribution in [3.8, 4) is 0 Å². The van der Waals surface area contributed by atoms with E-state index in [1.165, 1.54) is 0 Å². The number of likely N-dealkylation sites (tertiary alicyclic amines) is 1. The lowest BCUT2D eigenvalue weighted by Gasteiger charge is -2.44. The summed E-state index contributed by atoms with van der Waals surface area (Å²) in [6.45, 7) is 4.91. The van der Waals surface area contributed by atoms with E-state index < -0.39 is 17.1 Å². The number of piperidine rings is 1. The molecule has 0 aromatic heterocycles. The van der Waals surface area contributed by atoms with Gasteiger partial charge in [-0.3, -0.25) is 14.5 Å². The first kappa shape index (κ1) is 26.8. The van der Waals surface area contributed by atoms with Crippen molar-refractivity contribution in [1.82, 2.24) is 4.90 Å². The van der Waals surface area contributed by atoms with E-state index in [1.807, 2.05) is 60.7 Å². The monoisotopic (exact) mass is 499 g/mol. The third-order valence-corrected chi connectivity index (χ3v) is 7.90. The predicted molar refractivity (Wildman–Crippen MR) is 145 cm³/mol. The van der Waals surface area contributed by atoms with Crippen molar-refractivity contribution in [2.24, 2.45) is 5.92 Å². The van der Waals surface area contributed by atoms with E-state index in [4.69, 9.17) is 0 Å². The van der Waals surface area contributed by atoms with Crippen LogP contribution in [0.4, 0.5) is 0 Å². The van der Waals surface area contributed by atoms with Gasteiger partial charge in [0.2, 0.25) is 0 Å². The fraction of sp³-hybridized carbons (Fsp3) is 0.375. The molecule has 5 nitrogen and oxygen atoms in total. The molecule has 194 valence electrons. The lowest BCUT2D eigenvalue weighted by atomic mass is 9.84. The van der Waals surface area contributed by atoms with Crippen LogP contribution in [0.1, 0.15) is 73.0 Å². The molecule has 3 aromatic carbocycles. The van der Waals surface area contributed by atoms with Crippen LogP contribution in [0.5, 0.6) is 0 Å². The molecule has 1 saturated heterocycles. The molecular weight excluding hydrogens is 462 g/mol. The van der Waals surface area contributed by atoms with Gasteiger partial charge in [-0.05, 0) is 51.0 Å². The minimum absolute atomic E-state index is 0.0969. The van der Waals surface area contributed by atoms with E-state index in [2.05, 4.69) is 4.90 Å². The van der Waals surface area contributed by atoms with Crippen LogP contribution >= 0.6 is 0 Å². The quantitative estimate of drug-likeness (QED) is 0.334. The zero-order chi connectivity index (χ0) is 26.5. The highest BCUT2D eigenvalue weighted by Crippen LogP contribution is 2.37. The second kappa shape index (κ2) is 11.4.